The highest BCUT2D eigenvalue weighted by Gasteiger charge is 2.10. The number of carboxylic acids is 1. The first-order valence-corrected chi connectivity index (χ1v) is 6.80. The monoisotopic (exact) mass is 294 g/mol. The molecule has 0 unspecified atom stereocenters. The molecular weight excluding hydrogens is 280 g/mol. The molecule has 22 heavy (non-hydrogen) atoms. The van der Waals surface area contributed by atoms with Crippen LogP contribution in [0.4, 0.5) is 0 Å². The van der Waals surface area contributed by atoms with E-state index < -0.39 is 5.97 Å². The van der Waals surface area contributed by atoms with Gasteiger partial charge in [-0.15, -0.1) is 0 Å². The molecule has 0 aromatic heterocycles. The lowest BCUT2D eigenvalue weighted by Crippen LogP contribution is -2.00. The van der Waals surface area contributed by atoms with Gasteiger partial charge in [-0.2, -0.15) is 0 Å². The van der Waals surface area contributed by atoms with Crippen LogP contribution in [0.25, 0.3) is 10.8 Å². The maximum absolute atomic E-state index is 11.0. The van der Waals surface area contributed by atoms with E-state index in [0.29, 0.717) is 12.4 Å². The van der Waals surface area contributed by atoms with Gasteiger partial charge in [0.2, 0.25) is 0 Å². The molecule has 2 N–H and O–H groups in total. The molecule has 4 heteroatoms. The summed E-state index contributed by atoms with van der Waals surface area (Å²) in [6, 6.07) is 18.2. The van der Waals surface area contributed by atoms with Crippen LogP contribution in [0.3, 0.4) is 0 Å². The summed E-state index contributed by atoms with van der Waals surface area (Å²) in [5.74, 6) is -1.05. The molecule has 0 aliphatic heterocycles. The Kier molecular flexibility index (Phi) is 3.66. The summed E-state index contributed by atoms with van der Waals surface area (Å²) in [7, 11) is 0. The number of hydrogen-bond acceptors (Lipinski definition) is 3. The molecule has 3 aromatic carbocycles. The zero-order valence-corrected chi connectivity index (χ0v) is 11.7. The maximum atomic E-state index is 11.0. The van der Waals surface area contributed by atoms with Crippen molar-refractivity contribution in [3.05, 3.63) is 71.8 Å². The Morgan fingerprint density at radius 1 is 0.955 bits per heavy atom. The maximum Gasteiger partial charge on any atom is 0.339 e. The molecule has 0 fully saturated rings. The summed E-state index contributed by atoms with van der Waals surface area (Å²) in [5.41, 5.74) is 0.819. The molecule has 0 aliphatic carbocycles. The number of ether oxygens (including phenoxy) is 1. The summed E-state index contributed by atoms with van der Waals surface area (Å²) in [4.78, 5) is 11.0. The highest BCUT2D eigenvalue weighted by molar-refractivity contribution is 5.91. The lowest BCUT2D eigenvalue weighted by atomic mass is 10.1. The molecule has 0 aliphatic rings. The minimum absolute atomic E-state index is 0.170. The number of rotatable bonds is 4. The molecule has 0 saturated carbocycles. The van der Waals surface area contributed by atoms with E-state index in [1.54, 1.807) is 6.07 Å². The van der Waals surface area contributed by atoms with Crippen LogP contribution in [0.15, 0.2) is 60.7 Å². The van der Waals surface area contributed by atoms with E-state index in [0.717, 1.165) is 16.3 Å². The summed E-state index contributed by atoms with van der Waals surface area (Å²) < 4.78 is 5.61. The Labute approximate surface area is 127 Å². The number of benzene rings is 3. The zero-order chi connectivity index (χ0) is 15.5. The van der Waals surface area contributed by atoms with Crippen molar-refractivity contribution < 1.29 is 19.7 Å². The van der Waals surface area contributed by atoms with Gasteiger partial charge in [-0.1, -0.05) is 36.4 Å². The highest BCUT2D eigenvalue weighted by atomic mass is 16.5. The first-order valence-electron chi connectivity index (χ1n) is 6.80. The van der Waals surface area contributed by atoms with E-state index in [1.807, 2.05) is 42.5 Å². The smallest absolute Gasteiger partial charge is 0.339 e. The molecule has 0 spiro atoms. The molecule has 4 nitrogen and oxygen atoms in total. The van der Waals surface area contributed by atoms with Crippen LogP contribution >= 0.6 is 0 Å². The number of aromatic hydroxyl groups is 1. The number of fused-ring (bicyclic) bond motifs is 1. The molecule has 0 radical (unpaired) electrons. The van der Waals surface area contributed by atoms with E-state index >= 15 is 0 Å². The third kappa shape index (κ3) is 2.86. The van der Waals surface area contributed by atoms with Gasteiger partial charge in [0.15, 0.2) is 0 Å². The second-order valence-electron chi connectivity index (χ2n) is 4.95. The van der Waals surface area contributed by atoms with E-state index in [4.69, 9.17) is 9.84 Å². The van der Waals surface area contributed by atoms with Crippen LogP contribution in [-0.2, 0) is 6.61 Å². The van der Waals surface area contributed by atoms with E-state index in [1.165, 1.54) is 12.1 Å². The topological polar surface area (TPSA) is 66.8 Å². The second kappa shape index (κ2) is 5.77. The number of hydrogen-bond donors (Lipinski definition) is 2. The second-order valence-corrected chi connectivity index (χ2v) is 4.95. The Bertz CT molecular complexity index is 839. The standard InChI is InChI=1S/C18H14O4/c19-17-8-7-15(10-16(17)18(20)21)22-11-12-5-6-13-3-1-2-4-14(13)9-12/h1-10,19H,11H2,(H,20,21). The van der Waals surface area contributed by atoms with Crippen molar-refractivity contribution in [3.63, 3.8) is 0 Å². The molecule has 110 valence electrons. The van der Waals surface area contributed by atoms with Crippen molar-refractivity contribution in [1.82, 2.24) is 0 Å². The van der Waals surface area contributed by atoms with Gasteiger partial charge in [0.25, 0.3) is 0 Å². The van der Waals surface area contributed by atoms with E-state index in [9.17, 15) is 9.90 Å². The third-order valence-corrected chi connectivity index (χ3v) is 3.42. The van der Waals surface area contributed by atoms with Crippen molar-refractivity contribution in [1.29, 1.82) is 0 Å². The molecule has 0 saturated heterocycles. The lowest BCUT2D eigenvalue weighted by molar-refractivity contribution is 0.0693. The zero-order valence-electron chi connectivity index (χ0n) is 11.7. The van der Waals surface area contributed by atoms with Crippen molar-refractivity contribution in [3.8, 4) is 11.5 Å². The van der Waals surface area contributed by atoms with Gasteiger partial charge < -0.3 is 14.9 Å². The van der Waals surface area contributed by atoms with E-state index in [-0.39, 0.29) is 11.3 Å². The van der Waals surface area contributed by atoms with Crippen LogP contribution < -0.4 is 4.74 Å². The van der Waals surface area contributed by atoms with Crippen molar-refractivity contribution in [2.24, 2.45) is 0 Å². The lowest BCUT2D eigenvalue weighted by Gasteiger charge is -2.09. The fraction of sp³-hybridized carbons (Fsp3) is 0.0556. The van der Waals surface area contributed by atoms with Gasteiger partial charge in [0.1, 0.15) is 23.7 Å². The van der Waals surface area contributed by atoms with Gasteiger partial charge in [-0.3, -0.25) is 0 Å². The van der Waals surface area contributed by atoms with Gasteiger partial charge in [-0.25, -0.2) is 4.79 Å². The number of aromatic carboxylic acids is 1. The molecule has 0 amide bonds. The van der Waals surface area contributed by atoms with Crippen LogP contribution in [0.1, 0.15) is 15.9 Å². The van der Waals surface area contributed by atoms with Gasteiger partial charge in [-0.05, 0) is 40.6 Å². The van der Waals surface area contributed by atoms with Gasteiger partial charge in [0.05, 0.1) is 0 Å². The average Bonchev–Trinajstić information content (AvgIpc) is 2.53. The van der Waals surface area contributed by atoms with Crippen molar-refractivity contribution in [2.45, 2.75) is 6.61 Å². The summed E-state index contributed by atoms with van der Waals surface area (Å²) in [6.45, 7) is 0.328. The van der Waals surface area contributed by atoms with Crippen LogP contribution in [0.2, 0.25) is 0 Å². The summed E-state index contributed by atoms with van der Waals surface area (Å²) >= 11 is 0. The first-order chi connectivity index (χ1) is 10.6. The largest absolute Gasteiger partial charge is 0.507 e. The summed E-state index contributed by atoms with van der Waals surface area (Å²) in [6.07, 6.45) is 0. The van der Waals surface area contributed by atoms with Crippen LogP contribution in [-0.4, -0.2) is 16.2 Å². The normalized spacial score (nSPS) is 10.5. The van der Waals surface area contributed by atoms with Crippen LogP contribution in [0.5, 0.6) is 11.5 Å². The molecule has 3 rings (SSSR count). The highest BCUT2D eigenvalue weighted by Crippen LogP contribution is 2.24. The van der Waals surface area contributed by atoms with Gasteiger partial charge in [0, 0.05) is 0 Å². The van der Waals surface area contributed by atoms with Crippen LogP contribution in [0, 0.1) is 0 Å². The van der Waals surface area contributed by atoms with E-state index in [2.05, 4.69) is 0 Å². The fourth-order valence-electron chi connectivity index (χ4n) is 2.27. The quantitative estimate of drug-likeness (QED) is 0.767. The Morgan fingerprint density at radius 2 is 1.73 bits per heavy atom. The molecular formula is C18H14O4. The first kappa shape index (κ1) is 13.9. The number of carbonyl (C=O) groups is 1. The predicted molar refractivity (Wildman–Crippen MR) is 83.3 cm³/mol. The fourth-order valence-corrected chi connectivity index (χ4v) is 2.27. The Balaban J connectivity index is 1.79. The molecule has 0 atom stereocenters. The van der Waals surface area contributed by atoms with Crippen molar-refractivity contribution >= 4 is 16.7 Å². The van der Waals surface area contributed by atoms with Gasteiger partial charge >= 0.3 is 5.97 Å². The third-order valence-electron chi connectivity index (χ3n) is 3.42. The molecule has 0 bridgehead atoms. The Morgan fingerprint density at radius 3 is 2.50 bits per heavy atom. The van der Waals surface area contributed by atoms with Crippen molar-refractivity contribution in [2.75, 3.05) is 0 Å². The average molecular weight is 294 g/mol. The SMILES string of the molecule is O=C(O)c1cc(OCc2ccc3ccccc3c2)ccc1O. The minimum Gasteiger partial charge on any atom is -0.507 e. The Hall–Kier alpha value is -3.01. The predicted octanol–water partition coefficient (Wildman–Crippen LogP) is 3.82. The number of phenols is 1. The minimum atomic E-state index is -1.19. The number of carboxylic acid groups (broad SMARTS) is 1. The molecule has 3 aromatic rings. The summed E-state index contributed by atoms with van der Waals surface area (Å²) in [5, 5.41) is 20.7. The molecule has 0 heterocycles.